The molecule has 23 heavy (non-hydrogen) atoms. The van der Waals surface area contributed by atoms with Crippen molar-refractivity contribution in [1.29, 1.82) is 0 Å². The van der Waals surface area contributed by atoms with Crippen LogP contribution in [0.5, 0.6) is 0 Å². The molecule has 2 N–H and O–H groups in total. The number of likely N-dealkylation sites (tertiary alicyclic amines) is 1. The third-order valence-corrected chi connectivity index (χ3v) is 4.18. The Labute approximate surface area is 136 Å². The van der Waals surface area contributed by atoms with Crippen molar-refractivity contribution in [2.24, 2.45) is 18.9 Å². The standard InChI is InChI=1S/C15H25N5O3/c1-10-5-11(13(21)22)9-20(8-10)15(23)17-7-12-6-16-14(18(2)3)19(12)4/h6,10-11H,5,7-9H2,1-4H3,(H,17,23)(H,21,22). The molecule has 128 valence electrons. The number of carboxylic acids is 1. The monoisotopic (exact) mass is 323 g/mol. The number of hydrogen-bond donors (Lipinski definition) is 2. The van der Waals surface area contributed by atoms with Crippen LogP contribution in [0.1, 0.15) is 19.0 Å². The summed E-state index contributed by atoms with van der Waals surface area (Å²) >= 11 is 0. The maximum absolute atomic E-state index is 12.3. The zero-order valence-corrected chi connectivity index (χ0v) is 14.1. The highest BCUT2D eigenvalue weighted by atomic mass is 16.4. The number of aromatic nitrogens is 2. The number of carboxylic acid groups (broad SMARTS) is 1. The van der Waals surface area contributed by atoms with Crippen LogP contribution in [0.2, 0.25) is 0 Å². The van der Waals surface area contributed by atoms with Gasteiger partial charge in [-0.2, -0.15) is 0 Å². The van der Waals surface area contributed by atoms with Gasteiger partial charge >= 0.3 is 12.0 Å². The van der Waals surface area contributed by atoms with E-state index in [0.717, 1.165) is 11.6 Å². The van der Waals surface area contributed by atoms with Crippen LogP contribution in [0, 0.1) is 11.8 Å². The summed E-state index contributed by atoms with van der Waals surface area (Å²) in [7, 11) is 5.71. The van der Waals surface area contributed by atoms with Crippen molar-refractivity contribution in [3.05, 3.63) is 11.9 Å². The highest BCUT2D eigenvalue weighted by Gasteiger charge is 2.31. The maximum Gasteiger partial charge on any atom is 0.317 e. The third kappa shape index (κ3) is 3.94. The minimum atomic E-state index is -0.836. The number of imidazole rings is 1. The van der Waals surface area contributed by atoms with E-state index in [1.807, 2.05) is 37.5 Å². The number of carbonyl (C=O) groups excluding carboxylic acids is 1. The molecule has 0 aromatic carbocycles. The summed E-state index contributed by atoms with van der Waals surface area (Å²) in [4.78, 5) is 31.3. The molecule has 1 aromatic rings. The number of hydrogen-bond acceptors (Lipinski definition) is 4. The number of anilines is 1. The van der Waals surface area contributed by atoms with Crippen molar-refractivity contribution in [2.45, 2.75) is 19.9 Å². The molecule has 2 unspecified atom stereocenters. The molecule has 1 aliphatic rings. The fourth-order valence-corrected chi connectivity index (χ4v) is 2.99. The third-order valence-electron chi connectivity index (χ3n) is 4.18. The van der Waals surface area contributed by atoms with E-state index in [2.05, 4.69) is 10.3 Å². The number of rotatable bonds is 4. The molecule has 2 amide bonds. The Morgan fingerprint density at radius 2 is 2.13 bits per heavy atom. The summed E-state index contributed by atoms with van der Waals surface area (Å²) in [5.74, 6) is -0.322. The molecule has 1 fully saturated rings. The van der Waals surface area contributed by atoms with Gasteiger partial charge in [0.1, 0.15) is 0 Å². The van der Waals surface area contributed by atoms with Gasteiger partial charge in [0.15, 0.2) is 0 Å². The quantitative estimate of drug-likeness (QED) is 0.853. The summed E-state index contributed by atoms with van der Waals surface area (Å²) < 4.78 is 1.92. The molecule has 1 aromatic heterocycles. The van der Waals surface area contributed by atoms with Crippen molar-refractivity contribution in [2.75, 3.05) is 32.1 Å². The minimum Gasteiger partial charge on any atom is -0.481 e. The molecular weight excluding hydrogens is 298 g/mol. The summed E-state index contributed by atoms with van der Waals surface area (Å²) in [5.41, 5.74) is 0.891. The van der Waals surface area contributed by atoms with Gasteiger partial charge in [-0.15, -0.1) is 0 Å². The zero-order valence-electron chi connectivity index (χ0n) is 14.1. The fraction of sp³-hybridized carbons (Fsp3) is 0.667. The van der Waals surface area contributed by atoms with E-state index < -0.39 is 11.9 Å². The smallest absolute Gasteiger partial charge is 0.317 e. The van der Waals surface area contributed by atoms with E-state index in [1.54, 1.807) is 11.1 Å². The van der Waals surface area contributed by atoms with Crippen molar-refractivity contribution < 1.29 is 14.7 Å². The molecule has 2 atom stereocenters. The van der Waals surface area contributed by atoms with Crippen LogP contribution < -0.4 is 10.2 Å². The number of nitrogens with one attached hydrogen (secondary N) is 1. The molecular formula is C15H25N5O3. The Morgan fingerprint density at radius 3 is 2.70 bits per heavy atom. The SMILES string of the molecule is CC1CC(C(=O)O)CN(C(=O)NCc2cnc(N(C)C)n2C)C1. The normalized spacial score (nSPS) is 21.1. The number of amides is 2. The summed E-state index contributed by atoms with van der Waals surface area (Å²) in [6.45, 7) is 3.18. The molecule has 0 radical (unpaired) electrons. The first-order valence-corrected chi connectivity index (χ1v) is 7.73. The van der Waals surface area contributed by atoms with Gasteiger partial charge in [0.25, 0.3) is 0 Å². The Balaban J connectivity index is 1.95. The van der Waals surface area contributed by atoms with Crippen LogP contribution in [0.3, 0.4) is 0 Å². The number of nitrogens with zero attached hydrogens (tertiary/aromatic N) is 4. The number of aliphatic carboxylic acids is 1. The van der Waals surface area contributed by atoms with Crippen LogP contribution in [-0.2, 0) is 18.4 Å². The molecule has 1 saturated heterocycles. The van der Waals surface area contributed by atoms with Crippen LogP contribution in [0.4, 0.5) is 10.7 Å². The fourth-order valence-electron chi connectivity index (χ4n) is 2.99. The summed E-state index contributed by atoms with van der Waals surface area (Å²) in [6, 6.07) is -0.226. The van der Waals surface area contributed by atoms with Crippen molar-refractivity contribution in [3.63, 3.8) is 0 Å². The van der Waals surface area contributed by atoms with Gasteiger partial charge < -0.3 is 24.8 Å². The van der Waals surface area contributed by atoms with Crippen LogP contribution in [-0.4, -0.2) is 58.7 Å². The summed E-state index contributed by atoms with van der Waals surface area (Å²) in [5, 5.41) is 12.0. The Bertz CT molecular complexity index is 584. The molecule has 0 aliphatic carbocycles. The minimum absolute atomic E-state index is 0.188. The highest BCUT2D eigenvalue weighted by Crippen LogP contribution is 2.21. The largest absolute Gasteiger partial charge is 0.481 e. The van der Waals surface area contributed by atoms with Crippen LogP contribution in [0.15, 0.2) is 6.20 Å². The Kier molecular flexibility index (Phi) is 5.12. The number of piperidine rings is 1. The van der Waals surface area contributed by atoms with Gasteiger partial charge in [0.05, 0.1) is 24.4 Å². The van der Waals surface area contributed by atoms with Gasteiger partial charge in [0.2, 0.25) is 5.95 Å². The second-order valence-corrected chi connectivity index (χ2v) is 6.44. The Morgan fingerprint density at radius 1 is 1.43 bits per heavy atom. The topological polar surface area (TPSA) is 90.7 Å². The predicted octanol–water partition coefficient (Wildman–Crippen LogP) is 0.738. The average Bonchev–Trinajstić information content (AvgIpc) is 2.85. The van der Waals surface area contributed by atoms with Gasteiger partial charge in [0, 0.05) is 34.2 Å². The molecule has 0 spiro atoms. The van der Waals surface area contributed by atoms with Crippen molar-refractivity contribution in [3.8, 4) is 0 Å². The lowest BCUT2D eigenvalue weighted by Gasteiger charge is -2.34. The lowest BCUT2D eigenvalue weighted by molar-refractivity contribution is -0.143. The van der Waals surface area contributed by atoms with Crippen molar-refractivity contribution in [1.82, 2.24) is 19.8 Å². The molecule has 8 nitrogen and oxygen atoms in total. The Hall–Kier alpha value is -2.25. The first kappa shape index (κ1) is 17.1. The average molecular weight is 323 g/mol. The number of carbonyl (C=O) groups is 2. The number of urea groups is 1. The first-order chi connectivity index (χ1) is 10.8. The molecule has 0 saturated carbocycles. The maximum atomic E-state index is 12.3. The lowest BCUT2D eigenvalue weighted by atomic mass is 9.91. The van der Waals surface area contributed by atoms with E-state index in [4.69, 9.17) is 0 Å². The van der Waals surface area contributed by atoms with Crippen molar-refractivity contribution >= 4 is 17.9 Å². The van der Waals surface area contributed by atoms with Gasteiger partial charge in [-0.1, -0.05) is 6.92 Å². The highest BCUT2D eigenvalue weighted by molar-refractivity contribution is 5.76. The lowest BCUT2D eigenvalue weighted by Crippen LogP contribution is -2.49. The van der Waals surface area contributed by atoms with Gasteiger partial charge in [-0.3, -0.25) is 4.79 Å². The van der Waals surface area contributed by atoms with Crippen LogP contribution >= 0.6 is 0 Å². The molecule has 8 heteroatoms. The van der Waals surface area contributed by atoms with Gasteiger partial charge in [-0.25, -0.2) is 9.78 Å². The second-order valence-electron chi connectivity index (χ2n) is 6.44. The first-order valence-electron chi connectivity index (χ1n) is 7.73. The molecule has 0 bridgehead atoms. The molecule has 2 heterocycles. The zero-order chi connectivity index (χ0) is 17.1. The van der Waals surface area contributed by atoms with Gasteiger partial charge in [-0.05, 0) is 12.3 Å². The van der Waals surface area contributed by atoms with E-state index >= 15 is 0 Å². The van der Waals surface area contributed by atoms with Crippen LogP contribution in [0.25, 0.3) is 0 Å². The van der Waals surface area contributed by atoms with E-state index in [9.17, 15) is 14.7 Å². The predicted molar refractivity (Wildman–Crippen MR) is 86.3 cm³/mol. The molecule has 2 rings (SSSR count). The van der Waals surface area contributed by atoms with E-state index in [1.165, 1.54) is 0 Å². The van der Waals surface area contributed by atoms with E-state index in [0.29, 0.717) is 19.5 Å². The van der Waals surface area contributed by atoms with E-state index in [-0.39, 0.29) is 18.5 Å². The second kappa shape index (κ2) is 6.89. The summed E-state index contributed by atoms with van der Waals surface area (Å²) in [6.07, 6.45) is 2.35. The molecule has 1 aliphatic heterocycles.